The van der Waals surface area contributed by atoms with Crippen LogP contribution < -0.4 is 5.84 Å². The van der Waals surface area contributed by atoms with E-state index < -0.39 is 5.97 Å². The van der Waals surface area contributed by atoms with E-state index in [1.807, 2.05) is 6.07 Å². The lowest BCUT2D eigenvalue weighted by Gasteiger charge is -2.29. The Bertz CT molecular complexity index is 743. The minimum atomic E-state index is -0.853. The first kappa shape index (κ1) is 16.2. The highest BCUT2D eigenvalue weighted by molar-refractivity contribution is 7.16. The van der Waals surface area contributed by atoms with Crippen LogP contribution in [0.2, 0.25) is 0 Å². The van der Waals surface area contributed by atoms with Crippen LogP contribution in [0.5, 0.6) is 0 Å². The van der Waals surface area contributed by atoms with E-state index in [4.69, 9.17) is 10.3 Å². The van der Waals surface area contributed by atoms with E-state index in [0.717, 1.165) is 41.0 Å². The maximum atomic E-state index is 11.9. The van der Waals surface area contributed by atoms with Gasteiger partial charge in [-0.15, -0.1) is 11.3 Å². The molecule has 1 aliphatic rings. The first-order chi connectivity index (χ1) is 10.8. The number of hydrazine groups is 1. The number of carbonyl (C=O) groups is 1. The number of aryl methyl sites for hydroxylation is 1. The third kappa shape index (κ3) is 3.20. The first-order valence-electron chi connectivity index (χ1n) is 7.68. The summed E-state index contributed by atoms with van der Waals surface area (Å²) in [6, 6.07) is 1.89. The van der Waals surface area contributed by atoms with Crippen LogP contribution in [-0.2, 0) is 19.4 Å². The topological polar surface area (TPSA) is 79.7 Å². The predicted octanol–water partition coefficient (Wildman–Crippen LogP) is 3.53. The Morgan fingerprint density at radius 2 is 2.26 bits per heavy atom. The van der Waals surface area contributed by atoms with Crippen LogP contribution >= 0.6 is 11.3 Å². The number of nitrogens with two attached hydrogens (primary N) is 1. The molecule has 2 aromatic heterocycles. The number of furan rings is 1. The normalized spacial score (nSPS) is 16.6. The molecule has 0 saturated heterocycles. The van der Waals surface area contributed by atoms with Crippen LogP contribution in [0.1, 0.15) is 46.8 Å². The lowest BCUT2D eigenvalue weighted by molar-refractivity contribution is 0.0696. The summed E-state index contributed by atoms with van der Waals surface area (Å²) in [7, 11) is 1.76. The molecule has 2 aromatic rings. The SMILES string of the molecule is CN(N)Cc1cc(-c2sc3c(c2C(=O)O)CC(C)(C)CC3)co1. The van der Waals surface area contributed by atoms with E-state index in [-0.39, 0.29) is 5.41 Å². The van der Waals surface area contributed by atoms with Crippen LogP contribution in [0.25, 0.3) is 10.4 Å². The van der Waals surface area contributed by atoms with Gasteiger partial charge in [-0.25, -0.2) is 9.80 Å². The molecule has 3 N–H and O–H groups in total. The van der Waals surface area contributed by atoms with Gasteiger partial charge in [-0.3, -0.25) is 5.84 Å². The first-order valence-corrected chi connectivity index (χ1v) is 8.50. The second kappa shape index (κ2) is 5.78. The molecule has 1 aliphatic carbocycles. The third-order valence-corrected chi connectivity index (χ3v) is 5.65. The number of hydrogen-bond donors (Lipinski definition) is 2. The lowest BCUT2D eigenvalue weighted by Crippen LogP contribution is -2.24. The monoisotopic (exact) mass is 334 g/mol. The van der Waals surface area contributed by atoms with Crippen molar-refractivity contribution in [2.45, 2.75) is 39.7 Å². The van der Waals surface area contributed by atoms with Gasteiger partial charge in [0, 0.05) is 17.5 Å². The Morgan fingerprint density at radius 3 is 2.91 bits per heavy atom. The average Bonchev–Trinajstić information content (AvgIpc) is 3.00. The van der Waals surface area contributed by atoms with E-state index in [2.05, 4.69) is 13.8 Å². The zero-order valence-corrected chi connectivity index (χ0v) is 14.5. The van der Waals surface area contributed by atoms with Crippen molar-refractivity contribution in [3.8, 4) is 10.4 Å². The summed E-state index contributed by atoms with van der Waals surface area (Å²) < 4.78 is 5.53. The van der Waals surface area contributed by atoms with E-state index in [9.17, 15) is 9.90 Å². The van der Waals surface area contributed by atoms with E-state index in [1.165, 1.54) is 9.89 Å². The van der Waals surface area contributed by atoms with Crippen molar-refractivity contribution in [1.29, 1.82) is 0 Å². The summed E-state index contributed by atoms with van der Waals surface area (Å²) in [5, 5.41) is 11.3. The van der Waals surface area contributed by atoms with Crippen molar-refractivity contribution in [3.63, 3.8) is 0 Å². The van der Waals surface area contributed by atoms with Crippen LogP contribution in [-0.4, -0.2) is 23.1 Å². The zero-order valence-electron chi connectivity index (χ0n) is 13.7. The minimum Gasteiger partial charge on any atom is -0.478 e. The van der Waals surface area contributed by atoms with Crippen LogP contribution in [0.4, 0.5) is 0 Å². The molecule has 0 amide bonds. The van der Waals surface area contributed by atoms with Gasteiger partial charge < -0.3 is 9.52 Å². The summed E-state index contributed by atoms with van der Waals surface area (Å²) in [6.07, 6.45) is 4.49. The predicted molar refractivity (Wildman–Crippen MR) is 90.4 cm³/mol. The molecule has 23 heavy (non-hydrogen) atoms. The number of aromatic carboxylic acids is 1. The summed E-state index contributed by atoms with van der Waals surface area (Å²) in [5.74, 6) is 5.52. The second-order valence-corrected chi connectivity index (χ2v) is 8.18. The highest BCUT2D eigenvalue weighted by Crippen LogP contribution is 2.45. The number of rotatable bonds is 4. The zero-order chi connectivity index (χ0) is 16.8. The molecular formula is C17H22N2O3S. The van der Waals surface area contributed by atoms with Gasteiger partial charge in [-0.1, -0.05) is 13.8 Å². The molecule has 5 nitrogen and oxygen atoms in total. The van der Waals surface area contributed by atoms with Crippen molar-refractivity contribution in [1.82, 2.24) is 5.01 Å². The number of fused-ring (bicyclic) bond motifs is 1. The van der Waals surface area contributed by atoms with Crippen LogP contribution in [0.3, 0.4) is 0 Å². The molecule has 0 radical (unpaired) electrons. The number of carboxylic acids is 1. The quantitative estimate of drug-likeness (QED) is 0.660. The van der Waals surface area contributed by atoms with Crippen molar-refractivity contribution in [2.24, 2.45) is 11.3 Å². The lowest BCUT2D eigenvalue weighted by atomic mass is 9.76. The second-order valence-electron chi connectivity index (χ2n) is 7.07. The van der Waals surface area contributed by atoms with Gasteiger partial charge in [0.15, 0.2) is 0 Å². The fourth-order valence-electron chi connectivity index (χ4n) is 3.18. The fraction of sp³-hybridized carbons (Fsp3) is 0.471. The highest BCUT2D eigenvalue weighted by atomic mass is 32.1. The van der Waals surface area contributed by atoms with Gasteiger partial charge >= 0.3 is 5.97 Å². The summed E-state index contributed by atoms with van der Waals surface area (Å²) in [5.41, 5.74) is 2.44. The van der Waals surface area contributed by atoms with Crippen molar-refractivity contribution in [3.05, 3.63) is 34.1 Å². The van der Waals surface area contributed by atoms with Gasteiger partial charge in [-0.2, -0.15) is 0 Å². The van der Waals surface area contributed by atoms with Crippen LogP contribution in [0, 0.1) is 5.41 Å². The van der Waals surface area contributed by atoms with Crippen molar-refractivity contribution < 1.29 is 14.3 Å². The molecule has 0 unspecified atom stereocenters. The maximum absolute atomic E-state index is 11.9. The Labute approximate surface area is 139 Å². The number of hydrogen-bond acceptors (Lipinski definition) is 5. The molecule has 0 aliphatic heterocycles. The number of carboxylic acid groups (broad SMARTS) is 1. The molecule has 0 fully saturated rings. The third-order valence-electron chi connectivity index (χ3n) is 4.31. The van der Waals surface area contributed by atoms with Gasteiger partial charge in [0.05, 0.1) is 23.2 Å². The van der Waals surface area contributed by atoms with E-state index in [0.29, 0.717) is 12.1 Å². The molecule has 0 atom stereocenters. The molecule has 6 heteroatoms. The average molecular weight is 334 g/mol. The van der Waals surface area contributed by atoms with Gasteiger partial charge in [-0.05, 0) is 36.3 Å². The van der Waals surface area contributed by atoms with Crippen molar-refractivity contribution in [2.75, 3.05) is 7.05 Å². The Hall–Kier alpha value is -1.63. The van der Waals surface area contributed by atoms with Gasteiger partial charge in [0.25, 0.3) is 0 Å². The smallest absolute Gasteiger partial charge is 0.337 e. The molecule has 0 spiro atoms. The molecule has 2 heterocycles. The standard InChI is InChI=1S/C17H22N2O3S/c1-17(2)5-4-13-12(7-17)14(16(20)21)15(23-13)10-6-11(22-9-10)8-19(3)18/h6,9H,4-5,7-8,18H2,1-3H3,(H,20,21). The van der Waals surface area contributed by atoms with Crippen LogP contribution in [0.15, 0.2) is 16.7 Å². The Morgan fingerprint density at radius 1 is 1.52 bits per heavy atom. The molecule has 124 valence electrons. The van der Waals surface area contributed by atoms with Gasteiger partial charge in [0.2, 0.25) is 0 Å². The molecule has 3 rings (SSSR count). The van der Waals surface area contributed by atoms with Crippen molar-refractivity contribution >= 4 is 17.3 Å². The molecule has 0 aromatic carbocycles. The highest BCUT2D eigenvalue weighted by Gasteiger charge is 2.33. The minimum absolute atomic E-state index is 0.152. The molecule has 0 saturated carbocycles. The Balaban J connectivity index is 2.05. The summed E-state index contributed by atoms with van der Waals surface area (Å²) in [6.45, 7) is 4.89. The largest absolute Gasteiger partial charge is 0.478 e. The maximum Gasteiger partial charge on any atom is 0.337 e. The van der Waals surface area contributed by atoms with Gasteiger partial charge in [0.1, 0.15) is 5.76 Å². The summed E-state index contributed by atoms with van der Waals surface area (Å²) >= 11 is 1.59. The number of thiophene rings is 1. The summed E-state index contributed by atoms with van der Waals surface area (Å²) in [4.78, 5) is 13.9. The fourth-order valence-corrected chi connectivity index (χ4v) is 4.46. The van der Waals surface area contributed by atoms with E-state index in [1.54, 1.807) is 24.6 Å². The molecule has 0 bridgehead atoms. The Kier molecular flexibility index (Phi) is 4.08. The molecular weight excluding hydrogens is 312 g/mol. The van der Waals surface area contributed by atoms with E-state index >= 15 is 0 Å². The number of nitrogens with zero attached hydrogens (tertiary/aromatic N) is 1.